The Hall–Kier alpha value is -3.33. The number of nitrogens with one attached hydrogen (secondary N) is 3. The molecule has 1 unspecified atom stereocenters. The van der Waals surface area contributed by atoms with Gasteiger partial charge in [0.1, 0.15) is 11.9 Å². The van der Waals surface area contributed by atoms with E-state index in [1.807, 2.05) is 5.32 Å². The summed E-state index contributed by atoms with van der Waals surface area (Å²) in [6.45, 7) is -2.25. The Morgan fingerprint density at radius 1 is 1.22 bits per heavy atom. The average molecular weight is 541 g/mol. The third-order valence-corrected chi connectivity index (χ3v) is 5.26. The normalized spacial score (nSPS) is 14.5. The molecule has 0 saturated heterocycles. The van der Waals surface area contributed by atoms with Crippen LogP contribution in [0, 0.1) is 11.2 Å². The molecule has 0 aliphatic carbocycles. The zero-order chi connectivity index (χ0) is 28.4. The van der Waals surface area contributed by atoms with E-state index in [9.17, 15) is 41.0 Å². The minimum absolute atomic E-state index is 0.0681. The second-order valence-corrected chi connectivity index (χ2v) is 8.30. The van der Waals surface area contributed by atoms with Crippen LogP contribution in [0.3, 0.4) is 0 Å². The Balaban J connectivity index is 2.71. The van der Waals surface area contributed by atoms with E-state index in [1.54, 1.807) is 0 Å². The summed E-state index contributed by atoms with van der Waals surface area (Å²) >= 11 is 0. The van der Waals surface area contributed by atoms with Gasteiger partial charge in [0, 0.05) is 43.2 Å². The quantitative estimate of drug-likeness (QED) is 0.156. The van der Waals surface area contributed by atoms with Crippen molar-refractivity contribution in [1.29, 1.82) is 0 Å². The summed E-state index contributed by atoms with van der Waals surface area (Å²) in [5.74, 6) is -1.91. The topological polar surface area (TPSA) is 138 Å². The number of nitrogens with two attached hydrogens (primary N) is 1. The van der Waals surface area contributed by atoms with E-state index in [-0.39, 0.29) is 29.8 Å². The Bertz CT molecular complexity index is 985. The lowest BCUT2D eigenvalue weighted by Gasteiger charge is -2.35. The molecule has 6 N–H and O–H groups in total. The minimum Gasteiger partial charge on any atom is -0.453 e. The first-order valence-electron chi connectivity index (χ1n) is 10.7. The molecule has 1 rings (SSSR count). The van der Waals surface area contributed by atoms with Crippen LogP contribution in [0.15, 0.2) is 29.4 Å². The zero-order valence-electron chi connectivity index (χ0n) is 20.2. The molecule has 2 atom stereocenters. The number of alkyl halides is 5. The van der Waals surface area contributed by atoms with Crippen molar-refractivity contribution in [2.24, 2.45) is 16.1 Å². The highest BCUT2D eigenvalue weighted by atomic mass is 19.4. The van der Waals surface area contributed by atoms with E-state index >= 15 is 0 Å². The molecule has 208 valence electrons. The molecule has 0 saturated carbocycles. The summed E-state index contributed by atoms with van der Waals surface area (Å²) in [7, 11) is 0.923. The maximum atomic E-state index is 14.4. The molecule has 0 radical (unpaired) electrons. The van der Waals surface area contributed by atoms with Gasteiger partial charge < -0.3 is 31.5 Å². The van der Waals surface area contributed by atoms with E-state index in [0.29, 0.717) is 0 Å². The Morgan fingerprint density at radius 2 is 1.86 bits per heavy atom. The van der Waals surface area contributed by atoms with Crippen molar-refractivity contribution < 1.29 is 45.8 Å². The van der Waals surface area contributed by atoms with Crippen LogP contribution < -0.4 is 21.7 Å². The van der Waals surface area contributed by atoms with Gasteiger partial charge in [-0.3, -0.25) is 4.79 Å². The van der Waals surface area contributed by atoms with Crippen LogP contribution >= 0.6 is 0 Å². The van der Waals surface area contributed by atoms with Crippen LogP contribution in [0.25, 0.3) is 5.57 Å². The SMILES string of the molecule is COC(=O)NC(C(=O)NC[C@@H](O)CNCc1ccc(C(C=NC(F)F)=CN)cc1F)C(C)(C)C(F)(F)F. The molecule has 0 spiro atoms. The van der Waals surface area contributed by atoms with Gasteiger partial charge in [-0.15, -0.1) is 0 Å². The van der Waals surface area contributed by atoms with Crippen molar-refractivity contribution in [2.75, 3.05) is 20.2 Å². The first-order valence-corrected chi connectivity index (χ1v) is 10.7. The number of carbonyl (C=O) groups is 2. The Morgan fingerprint density at radius 3 is 2.38 bits per heavy atom. The molecule has 37 heavy (non-hydrogen) atoms. The number of rotatable bonds is 12. The van der Waals surface area contributed by atoms with Crippen molar-refractivity contribution in [1.82, 2.24) is 16.0 Å². The van der Waals surface area contributed by atoms with Crippen molar-refractivity contribution in [3.05, 3.63) is 41.3 Å². The molecular weight excluding hydrogens is 512 g/mol. The van der Waals surface area contributed by atoms with Gasteiger partial charge in [-0.2, -0.15) is 22.0 Å². The van der Waals surface area contributed by atoms with Gasteiger partial charge in [-0.05, 0) is 25.5 Å². The summed E-state index contributed by atoms with van der Waals surface area (Å²) in [5, 5.41) is 16.8. The highest BCUT2D eigenvalue weighted by Gasteiger charge is 2.55. The molecular formula is C22H29F6N5O4. The number of methoxy groups -OCH3 is 1. The first kappa shape index (κ1) is 31.7. The molecule has 9 nitrogen and oxygen atoms in total. The number of allylic oxidation sites excluding steroid dienone is 1. The largest absolute Gasteiger partial charge is 0.453 e. The molecule has 1 aromatic carbocycles. The standard InChI is InChI=1S/C22H29F6N5O4/c1-21(2,22(26,27)28)17(33-20(36)37-3)18(35)31-11-15(34)10-30-8-13-5-4-12(6-16(13)23)14(7-29)9-32-19(24)25/h4-7,9,15,17,19,30,34H,8,10-11,29H2,1-3H3,(H,31,35)(H,33,36)/t15-,17?/m0/s1. The highest BCUT2D eigenvalue weighted by Crippen LogP contribution is 2.40. The van der Waals surface area contributed by atoms with Crippen LogP contribution in [0.5, 0.6) is 0 Å². The number of nitrogens with zero attached hydrogens (tertiary/aromatic N) is 1. The molecule has 1 aromatic rings. The summed E-state index contributed by atoms with van der Waals surface area (Å²) in [4.78, 5) is 26.8. The number of hydrogen-bond acceptors (Lipinski definition) is 7. The van der Waals surface area contributed by atoms with Crippen molar-refractivity contribution in [2.45, 2.75) is 45.3 Å². The lowest BCUT2D eigenvalue weighted by molar-refractivity contribution is -0.220. The van der Waals surface area contributed by atoms with E-state index in [1.165, 1.54) is 12.1 Å². The fourth-order valence-electron chi connectivity index (χ4n) is 2.90. The van der Waals surface area contributed by atoms with Crippen LogP contribution in [-0.2, 0) is 16.1 Å². The fraction of sp³-hybridized carbons (Fsp3) is 0.500. The summed E-state index contributed by atoms with van der Waals surface area (Å²) in [6.07, 6.45) is -5.58. The predicted octanol–water partition coefficient (Wildman–Crippen LogP) is 2.30. The first-order chi connectivity index (χ1) is 17.1. The summed E-state index contributed by atoms with van der Waals surface area (Å²) in [5.41, 5.74) is 3.12. The monoisotopic (exact) mass is 541 g/mol. The zero-order valence-corrected chi connectivity index (χ0v) is 20.2. The Kier molecular flexibility index (Phi) is 11.9. The third kappa shape index (κ3) is 9.57. The fourth-order valence-corrected chi connectivity index (χ4v) is 2.90. The average Bonchev–Trinajstić information content (AvgIpc) is 2.81. The van der Waals surface area contributed by atoms with Crippen LogP contribution in [0.2, 0.25) is 0 Å². The number of ether oxygens (including phenoxy) is 1. The number of alkyl carbamates (subject to hydrolysis) is 1. The molecule has 0 heterocycles. The number of halogens is 6. The van der Waals surface area contributed by atoms with Crippen molar-refractivity contribution in [3.8, 4) is 0 Å². The minimum atomic E-state index is -4.85. The number of aliphatic imine (C=N–C) groups is 1. The highest BCUT2D eigenvalue weighted by molar-refractivity contribution is 6.09. The molecule has 0 bridgehead atoms. The number of amides is 2. The van der Waals surface area contributed by atoms with Crippen LogP contribution in [0.1, 0.15) is 25.0 Å². The molecule has 0 aliphatic rings. The third-order valence-electron chi connectivity index (χ3n) is 5.26. The lowest BCUT2D eigenvalue weighted by Crippen LogP contribution is -2.60. The van der Waals surface area contributed by atoms with E-state index < -0.39 is 54.6 Å². The number of aliphatic hydroxyl groups is 1. The molecule has 15 heteroatoms. The molecule has 0 aliphatic heterocycles. The smallest absolute Gasteiger partial charge is 0.407 e. The maximum absolute atomic E-state index is 14.4. The van der Waals surface area contributed by atoms with Gasteiger partial charge >= 0.3 is 18.8 Å². The molecule has 2 amide bonds. The van der Waals surface area contributed by atoms with Gasteiger partial charge in [-0.25, -0.2) is 14.2 Å². The van der Waals surface area contributed by atoms with Gasteiger partial charge in [0.15, 0.2) is 0 Å². The molecule has 0 fully saturated rings. The lowest BCUT2D eigenvalue weighted by atomic mass is 9.83. The van der Waals surface area contributed by atoms with E-state index in [4.69, 9.17) is 5.73 Å². The van der Waals surface area contributed by atoms with E-state index in [2.05, 4.69) is 20.4 Å². The van der Waals surface area contributed by atoms with Gasteiger partial charge in [0.25, 0.3) is 0 Å². The van der Waals surface area contributed by atoms with Crippen molar-refractivity contribution in [3.63, 3.8) is 0 Å². The number of aliphatic hydroxyl groups excluding tert-OH is 1. The number of carbonyl (C=O) groups excluding carboxylic acids is 2. The number of hydrogen-bond donors (Lipinski definition) is 5. The van der Waals surface area contributed by atoms with Crippen LogP contribution in [0.4, 0.5) is 31.1 Å². The van der Waals surface area contributed by atoms with Gasteiger partial charge in [-0.1, -0.05) is 12.1 Å². The second kappa shape index (κ2) is 13.8. The maximum Gasteiger partial charge on any atom is 0.407 e. The van der Waals surface area contributed by atoms with E-state index in [0.717, 1.165) is 39.4 Å². The second-order valence-electron chi connectivity index (χ2n) is 8.30. The summed E-state index contributed by atoms with van der Waals surface area (Å²) < 4.78 is 83.4. The van der Waals surface area contributed by atoms with Crippen LogP contribution in [-0.4, -0.2) is 68.4 Å². The summed E-state index contributed by atoms with van der Waals surface area (Å²) in [6, 6.07) is 1.78. The van der Waals surface area contributed by atoms with Gasteiger partial charge in [0.05, 0.1) is 18.6 Å². The molecule has 0 aromatic heterocycles. The Labute approximate surface area is 209 Å². The van der Waals surface area contributed by atoms with Gasteiger partial charge in [0.2, 0.25) is 5.91 Å². The predicted molar refractivity (Wildman–Crippen MR) is 123 cm³/mol. The van der Waals surface area contributed by atoms with Crippen molar-refractivity contribution >= 4 is 23.8 Å². The number of benzene rings is 1.